The second kappa shape index (κ2) is 7.31. The molecule has 4 rings (SSSR count). The summed E-state index contributed by atoms with van der Waals surface area (Å²) in [5.41, 5.74) is 2.57. The fourth-order valence-electron chi connectivity index (χ4n) is 3.48. The second-order valence-corrected chi connectivity index (χ2v) is 6.77. The Kier molecular flexibility index (Phi) is 4.69. The number of hydrogen-bond acceptors (Lipinski definition) is 2. The number of amides is 3. The summed E-state index contributed by atoms with van der Waals surface area (Å²) in [5, 5.41) is 3.58. The summed E-state index contributed by atoms with van der Waals surface area (Å²) in [6.07, 6.45) is 4.27. The van der Waals surface area contributed by atoms with Crippen molar-refractivity contribution < 1.29 is 14.0 Å². The third-order valence-electron chi connectivity index (χ3n) is 4.83. The minimum Gasteiger partial charge on any atom is -0.342 e. The van der Waals surface area contributed by atoms with Crippen molar-refractivity contribution in [1.82, 2.24) is 14.8 Å². The van der Waals surface area contributed by atoms with Gasteiger partial charge in [-0.15, -0.1) is 0 Å². The number of hydrogen-bond donors (Lipinski definition) is 1. The van der Waals surface area contributed by atoms with Gasteiger partial charge in [-0.25, -0.2) is 9.18 Å². The Morgan fingerprint density at radius 1 is 1.07 bits per heavy atom. The summed E-state index contributed by atoms with van der Waals surface area (Å²) in [6.45, 7) is 2.67. The SMILES string of the molecule is CCCN1C(=O)N/C(=C/c2cn(Cc3ccccc3F)c3ccccc23)C1=O. The minimum atomic E-state index is -0.395. The highest BCUT2D eigenvalue weighted by molar-refractivity contribution is 6.14. The Morgan fingerprint density at radius 3 is 2.61 bits per heavy atom. The van der Waals surface area contributed by atoms with Crippen LogP contribution in [0.1, 0.15) is 24.5 Å². The van der Waals surface area contributed by atoms with E-state index >= 15 is 0 Å². The summed E-state index contributed by atoms with van der Waals surface area (Å²) in [4.78, 5) is 25.7. The lowest BCUT2D eigenvalue weighted by molar-refractivity contribution is -0.122. The first-order valence-electron chi connectivity index (χ1n) is 9.24. The van der Waals surface area contributed by atoms with Crippen LogP contribution in [-0.4, -0.2) is 28.0 Å². The third kappa shape index (κ3) is 3.17. The maximum absolute atomic E-state index is 14.1. The van der Waals surface area contributed by atoms with E-state index in [0.717, 1.165) is 16.5 Å². The number of fused-ring (bicyclic) bond motifs is 1. The van der Waals surface area contributed by atoms with Gasteiger partial charge in [0.05, 0.1) is 6.54 Å². The number of carbonyl (C=O) groups excluding carboxylic acids is 2. The number of para-hydroxylation sites is 1. The summed E-state index contributed by atoms with van der Waals surface area (Å²) in [5.74, 6) is -0.577. The van der Waals surface area contributed by atoms with E-state index in [1.165, 1.54) is 11.0 Å². The lowest BCUT2D eigenvalue weighted by Gasteiger charge is -2.08. The zero-order chi connectivity index (χ0) is 19.7. The summed E-state index contributed by atoms with van der Waals surface area (Å²) < 4.78 is 16.0. The van der Waals surface area contributed by atoms with E-state index in [-0.39, 0.29) is 17.4 Å². The number of imide groups is 1. The molecule has 0 bridgehead atoms. The van der Waals surface area contributed by atoms with E-state index in [1.54, 1.807) is 18.2 Å². The Labute approximate surface area is 162 Å². The van der Waals surface area contributed by atoms with Crippen molar-refractivity contribution in [3.05, 3.63) is 77.4 Å². The number of urea groups is 1. The van der Waals surface area contributed by atoms with E-state index in [4.69, 9.17) is 0 Å². The molecule has 1 N–H and O–H groups in total. The molecule has 2 heterocycles. The van der Waals surface area contributed by atoms with Gasteiger partial charge >= 0.3 is 6.03 Å². The van der Waals surface area contributed by atoms with E-state index < -0.39 is 6.03 Å². The van der Waals surface area contributed by atoms with Gasteiger partial charge in [0, 0.05) is 34.8 Å². The average Bonchev–Trinajstić information content (AvgIpc) is 3.17. The van der Waals surface area contributed by atoms with Gasteiger partial charge in [0.25, 0.3) is 5.91 Å². The highest BCUT2D eigenvalue weighted by Gasteiger charge is 2.32. The standard InChI is InChI=1S/C22H20FN3O2/c1-2-11-26-21(27)19(24-22(26)28)12-16-14-25(20-10-6-4-8-17(16)20)13-15-7-3-5-9-18(15)23/h3-10,12,14H,2,11,13H2,1H3,(H,24,28)/b19-12+. The topological polar surface area (TPSA) is 54.3 Å². The molecule has 1 aliphatic rings. The molecule has 0 saturated carbocycles. The molecule has 0 unspecified atom stereocenters. The number of aromatic nitrogens is 1. The molecule has 6 heteroatoms. The van der Waals surface area contributed by atoms with Crippen molar-refractivity contribution in [2.45, 2.75) is 19.9 Å². The van der Waals surface area contributed by atoms with Gasteiger partial charge in [0.15, 0.2) is 0 Å². The highest BCUT2D eigenvalue weighted by Crippen LogP contribution is 2.26. The molecule has 142 valence electrons. The lowest BCUT2D eigenvalue weighted by Crippen LogP contribution is -2.31. The first-order valence-corrected chi connectivity index (χ1v) is 9.24. The predicted octanol–water partition coefficient (Wildman–Crippen LogP) is 4.13. The molecule has 1 fully saturated rings. The Morgan fingerprint density at radius 2 is 1.82 bits per heavy atom. The van der Waals surface area contributed by atoms with Crippen molar-refractivity contribution >= 4 is 28.9 Å². The predicted molar refractivity (Wildman–Crippen MR) is 106 cm³/mol. The van der Waals surface area contributed by atoms with Crippen LogP contribution < -0.4 is 5.32 Å². The molecule has 5 nitrogen and oxygen atoms in total. The molecule has 1 saturated heterocycles. The van der Waals surface area contributed by atoms with Gasteiger partial charge in [-0.3, -0.25) is 9.69 Å². The monoisotopic (exact) mass is 377 g/mol. The second-order valence-electron chi connectivity index (χ2n) is 6.77. The third-order valence-corrected chi connectivity index (χ3v) is 4.83. The van der Waals surface area contributed by atoms with Gasteiger partial charge in [-0.1, -0.05) is 43.3 Å². The molecule has 0 spiro atoms. The lowest BCUT2D eigenvalue weighted by atomic mass is 10.1. The van der Waals surface area contributed by atoms with Crippen LogP contribution >= 0.6 is 0 Å². The number of halogens is 1. The van der Waals surface area contributed by atoms with E-state index in [9.17, 15) is 14.0 Å². The first-order chi connectivity index (χ1) is 13.6. The molecular weight excluding hydrogens is 357 g/mol. The van der Waals surface area contributed by atoms with E-state index in [1.807, 2.05) is 48.0 Å². The largest absolute Gasteiger partial charge is 0.342 e. The molecule has 0 radical (unpaired) electrons. The van der Waals surface area contributed by atoms with Crippen molar-refractivity contribution in [2.24, 2.45) is 0 Å². The highest BCUT2D eigenvalue weighted by atomic mass is 19.1. The van der Waals surface area contributed by atoms with Crippen molar-refractivity contribution in [1.29, 1.82) is 0 Å². The molecule has 0 aliphatic carbocycles. The number of benzene rings is 2. The molecule has 28 heavy (non-hydrogen) atoms. The number of nitrogens with one attached hydrogen (secondary N) is 1. The molecule has 0 atom stereocenters. The fourth-order valence-corrected chi connectivity index (χ4v) is 3.48. The quantitative estimate of drug-likeness (QED) is 0.537. The van der Waals surface area contributed by atoms with E-state index in [0.29, 0.717) is 25.1 Å². The van der Waals surface area contributed by atoms with Crippen LogP contribution in [-0.2, 0) is 11.3 Å². The Balaban J connectivity index is 1.74. The fraction of sp³-hybridized carbons (Fsp3) is 0.182. The van der Waals surface area contributed by atoms with Crippen LogP contribution in [0, 0.1) is 5.82 Å². The Hall–Kier alpha value is -3.41. The van der Waals surface area contributed by atoms with Crippen LogP contribution in [0.5, 0.6) is 0 Å². The van der Waals surface area contributed by atoms with Crippen molar-refractivity contribution in [3.63, 3.8) is 0 Å². The summed E-state index contributed by atoms with van der Waals surface area (Å²) >= 11 is 0. The van der Waals surface area contributed by atoms with Crippen LogP contribution in [0.4, 0.5) is 9.18 Å². The molecule has 3 aromatic rings. The van der Waals surface area contributed by atoms with Gasteiger partial charge in [0.2, 0.25) is 0 Å². The molecule has 1 aliphatic heterocycles. The zero-order valence-electron chi connectivity index (χ0n) is 15.5. The van der Waals surface area contributed by atoms with Gasteiger partial charge in [-0.05, 0) is 24.6 Å². The molecule has 2 aromatic carbocycles. The van der Waals surface area contributed by atoms with Crippen molar-refractivity contribution in [2.75, 3.05) is 6.54 Å². The summed E-state index contributed by atoms with van der Waals surface area (Å²) in [6, 6.07) is 14.0. The average molecular weight is 377 g/mol. The summed E-state index contributed by atoms with van der Waals surface area (Å²) in [7, 11) is 0. The van der Waals surface area contributed by atoms with Gasteiger partial charge in [0.1, 0.15) is 11.5 Å². The van der Waals surface area contributed by atoms with Crippen molar-refractivity contribution in [3.8, 4) is 0 Å². The van der Waals surface area contributed by atoms with Crippen LogP contribution in [0.2, 0.25) is 0 Å². The van der Waals surface area contributed by atoms with Gasteiger partial charge < -0.3 is 9.88 Å². The number of rotatable bonds is 5. The first kappa shape index (κ1) is 18.0. The van der Waals surface area contributed by atoms with Crippen LogP contribution in [0.15, 0.2) is 60.4 Å². The van der Waals surface area contributed by atoms with Crippen LogP contribution in [0.25, 0.3) is 17.0 Å². The maximum atomic E-state index is 14.1. The van der Waals surface area contributed by atoms with E-state index in [2.05, 4.69) is 5.32 Å². The number of carbonyl (C=O) groups is 2. The maximum Gasteiger partial charge on any atom is 0.329 e. The molecule has 3 amide bonds. The normalized spacial score (nSPS) is 15.6. The van der Waals surface area contributed by atoms with Gasteiger partial charge in [-0.2, -0.15) is 0 Å². The molecular formula is C22H20FN3O2. The van der Waals surface area contributed by atoms with Crippen LogP contribution in [0.3, 0.4) is 0 Å². The molecule has 1 aromatic heterocycles. The zero-order valence-corrected chi connectivity index (χ0v) is 15.5. The minimum absolute atomic E-state index is 0.256. The Bertz CT molecular complexity index is 1100. The number of nitrogens with zero attached hydrogens (tertiary/aromatic N) is 2. The smallest absolute Gasteiger partial charge is 0.329 e.